The molecular weight excluding hydrogens is 805 g/mol. The van der Waals surface area contributed by atoms with Gasteiger partial charge in [0.1, 0.15) is 42.2 Å². The van der Waals surface area contributed by atoms with E-state index in [1.807, 2.05) is 45.0 Å². The number of pyridine rings is 1. The van der Waals surface area contributed by atoms with Crippen LogP contribution in [0.5, 0.6) is 11.6 Å². The number of fused-ring (bicyclic) bond motifs is 5. The zero-order valence-corrected chi connectivity index (χ0v) is 36.4. The van der Waals surface area contributed by atoms with Gasteiger partial charge >= 0.3 is 6.09 Å². The lowest BCUT2D eigenvalue weighted by Crippen LogP contribution is -2.60. The molecule has 16 nitrogen and oxygen atoms in total. The van der Waals surface area contributed by atoms with Crippen molar-refractivity contribution in [3.05, 3.63) is 42.5 Å². The topological polar surface area (TPSA) is 206 Å². The van der Waals surface area contributed by atoms with Crippen LogP contribution in [0, 0.1) is 17.3 Å². The number of aliphatic hydroxyl groups is 1. The molecule has 0 radical (unpaired) electrons. The first-order valence-corrected chi connectivity index (χ1v) is 23.3. The minimum Gasteiger partial charge on any atom is -0.491 e. The Balaban J connectivity index is 1.13. The molecule has 4 amide bonds. The lowest BCUT2D eigenvalue weighted by atomic mass is 9.85. The lowest BCUT2D eigenvalue weighted by molar-refractivity contribution is -0.142. The fourth-order valence-electron chi connectivity index (χ4n) is 8.99. The zero-order chi connectivity index (χ0) is 43.5. The van der Waals surface area contributed by atoms with Gasteiger partial charge in [-0.15, -0.1) is 6.58 Å². The molecule has 7 atom stereocenters. The number of ether oxygens (including phenoxy) is 3. The number of β-amino-alcohol motifs (C(OH)–C–C–N with tert-alkyl or cyclic N) is 1. The van der Waals surface area contributed by atoms with Crippen molar-refractivity contribution >= 4 is 44.7 Å². The van der Waals surface area contributed by atoms with Crippen molar-refractivity contribution in [3.63, 3.8) is 0 Å². The summed E-state index contributed by atoms with van der Waals surface area (Å²) in [6.07, 6.45) is 5.35. The lowest BCUT2D eigenvalue weighted by Gasteiger charge is -2.35. The Bertz CT molecular complexity index is 2190. The van der Waals surface area contributed by atoms with E-state index in [2.05, 4.69) is 26.8 Å². The van der Waals surface area contributed by atoms with Gasteiger partial charge in [0.2, 0.25) is 27.7 Å². The van der Waals surface area contributed by atoms with E-state index in [0.717, 1.165) is 43.1 Å². The summed E-state index contributed by atoms with van der Waals surface area (Å²) in [7, 11) is -4.02. The largest absolute Gasteiger partial charge is 0.491 e. The molecule has 3 saturated carbocycles. The molecule has 0 unspecified atom stereocenters. The summed E-state index contributed by atoms with van der Waals surface area (Å²) >= 11 is 0. The van der Waals surface area contributed by atoms with E-state index >= 15 is 0 Å². The van der Waals surface area contributed by atoms with Crippen molar-refractivity contribution in [3.8, 4) is 11.6 Å². The molecule has 4 N–H and O–H groups in total. The molecule has 332 valence electrons. The summed E-state index contributed by atoms with van der Waals surface area (Å²) < 4.78 is 46.6. The molecule has 2 aromatic rings. The number of sulfonamides is 1. The maximum Gasteiger partial charge on any atom is 0.408 e. The molecule has 3 aliphatic carbocycles. The summed E-state index contributed by atoms with van der Waals surface area (Å²) in [6.45, 7) is 13.0. The monoisotopic (exact) mass is 864 g/mol. The number of hydrogen-bond acceptors (Lipinski definition) is 12. The van der Waals surface area contributed by atoms with E-state index in [-0.39, 0.29) is 37.5 Å². The van der Waals surface area contributed by atoms with Crippen LogP contribution in [-0.4, -0.2) is 126 Å². The van der Waals surface area contributed by atoms with Crippen LogP contribution < -0.4 is 24.8 Å². The predicted molar refractivity (Wildman–Crippen MR) is 225 cm³/mol. The van der Waals surface area contributed by atoms with Gasteiger partial charge in [0, 0.05) is 37.4 Å². The molecular formula is C44H60N6O10S. The summed E-state index contributed by atoms with van der Waals surface area (Å²) in [5, 5.41) is 16.3. The van der Waals surface area contributed by atoms with E-state index in [1.165, 1.54) is 11.0 Å². The van der Waals surface area contributed by atoms with Crippen LogP contribution in [-0.2, 0) is 35.6 Å². The zero-order valence-electron chi connectivity index (χ0n) is 35.6. The molecule has 4 heterocycles. The highest BCUT2D eigenvalue weighted by molar-refractivity contribution is 7.91. The van der Waals surface area contributed by atoms with Crippen LogP contribution >= 0.6 is 0 Å². The van der Waals surface area contributed by atoms with Crippen molar-refractivity contribution in [2.75, 3.05) is 32.8 Å². The highest BCUT2D eigenvalue weighted by Crippen LogP contribution is 2.47. The molecule has 0 spiro atoms. The molecule has 1 aromatic heterocycles. The first-order chi connectivity index (χ1) is 28.9. The van der Waals surface area contributed by atoms with E-state index in [1.54, 1.807) is 6.92 Å². The Kier molecular flexibility index (Phi) is 11.6. The first kappa shape index (κ1) is 43.2. The molecule has 8 rings (SSSR count). The Morgan fingerprint density at radius 3 is 2.54 bits per heavy atom. The number of hydrogen-bond donors (Lipinski definition) is 4. The van der Waals surface area contributed by atoms with Gasteiger partial charge in [0.05, 0.1) is 28.5 Å². The summed E-state index contributed by atoms with van der Waals surface area (Å²) in [6, 6.07) is 5.40. The number of carbonyl (C=O) groups is 4. The van der Waals surface area contributed by atoms with Crippen molar-refractivity contribution < 1.29 is 46.9 Å². The molecule has 2 saturated heterocycles. The summed E-state index contributed by atoms with van der Waals surface area (Å²) in [5.41, 5.74) is -0.960. The third-order valence-electron chi connectivity index (χ3n) is 13.5. The van der Waals surface area contributed by atoms with E-state index < -0.39 is 73.6 Å². The Labute approximate surface area is 357 Å². The van der Waals surface area contributed by atoms with E-state index in [4.69, 9.17) is 19.2 Å². The number of aromatic nitrogens is 1. The second-order valence-corrected chi connectivity index (χ2v) is 21.6. The molecule has 3 aliphatic heterocycles. The van der Waals surface area contributed by atoms with E-state index in [0.29, 0.717) is 62.6 Å². The number of aliphatic hydroxyl groups excluding tert-OH is 1. The Hall–Kier alpha value is -4.48. The van der Waals surface area contributed by atoms with Crippen molar-refractivity contribution in [1.82, 2.24) is 30.1 Å². The number of benzene rings is 1. The van der Waals surface area contributed by atoms with Crippen molar-refractivity contribution in [2.24, 2.45) is 17.3 Å². The van der Waals surface area contributed by atoms with Crippen LogP contribution in [0.3, 0.4) is 0 Å². The van der Waals surface area contributed by atoms with Crippen LogP contribution in [0.25, 0.3) is 10.9 Å². The third kappa shape index (κ3) is 8.92. The fraction of sp³-hybridized carbons (Fsp3) is 0.659. The number of nitrogens with one attached hydrogen (secondary N) is 3. The highest BCUT2D eigenvalue weighted by atomic mass is 32.2. The predicted octanol–water partition coefficient (Wildman–Crippen LogP) is 3.34. The number of likely N-dealkylation sites (tertiary alicyclic amines) is 1. The molecule has 6 aliphatic rings. The maximum absolute atomic E-state index is 14.8. The average molecular weight is 865 g/mol. The van der Waals surface area contributed by atoms with Gasteiger partial charge in [-0.1, -0.05) is 51.8 Å². The normalized spacial score (nSPS) is 30.5. The van der Waals surface area contributed by atoms with E-state index in [9.17, 15) is 32.7 Å². The standard InChI is InChI=1S/C44H60N6O10S/c1-6-27-22-44(27,40(54)48-61(56,57)43(5)16-17-43)47-37(52)33-21-29-25-50(33)39(53)36(42(2,3)4)46-41(55)60-34-20-26(34)12-8-7-9-14-31-35(58-19-18-49-23-28(51)24-49)30-13-10-11-15-32(30)45-38(31)59-29/h6,10-11,13,15,26-29,33-34,36,51H,1,7-9,12,14,16-25H2,2-5H3,(H,46,55)(H,47,52)(H,48,54)/t26-,27-,29-,33+,34-,36-,44-/m1/s1. The van der Waals surface area contributed by atoms with Crippen molar-refractivity contribution in [2.45, 2.75) is 133 Å². The molecule has 5 fully saturated rings. The maximum atomic E-state index is 14.8. The minimum absolute atomic E-state index is 0.0108. The number of alkyl carbamates (subject to hydrolysis) is 1. The molecule has 61 heavy (non-hydrogen) atoms. The van der Waals surface area contributed by atoms with Crippen LogP contribution in [0.2, 0.25) is 0 Å². The third-order valence-corrected chi connectivity index (χ3v) is 15.7. The van der Waals surface area contributed by atoms with Gasteiger partial charge in [0.25, 0.3) is 5.91 Å². The van der Waals surface area contributed by atoms with Gasteiger partial charge < -0.3 is 34.9 Å². The van der Waals surface area contributed by atoms with Gasteiger partial charge in [0.15, 0.2) is 0 Å². The number of para-hydroxylation sites is 1. The summed E-state index contributed by atoms with van der Waals surface area (Å²) in [4.78, 5) is 65.1. The van der Waals surface area contributed by atoms with Gasteiger partial charge in [-0.3, -0.25) is 24.0 Å². The molecule has 2 bridgehead atoms. The molecule has 17 heteroatoms. The highest BCUT2D eigenvalue weighted by Gasteiger charge is 2.63. The number of amides is 4. The van der Waals surface area contributed by atoms with Gasteiger partial charge in [-0.25, -0.2) is 18.2 Å². The van der Waals surface area contributed by atoms with Gasteiger partial charge in [-0.2, -0.15) is 0 Å². The minimum atomic E-state index is -4.02. The summed E-state index contributed by atoms with van der Waals surface area (Å²) in [5.74, 6) is -1.36. The Morgan fingerprint density at radius 1 is 1.10 bits per heavy atom. The van der Waals surface area contributed by atoms with Crippen LogP contribution in [0.4, 0.5) is 4.79 Å². The second kappa shape index (κ2) is 16.3. The van der Waals surface area contributed by atoms with Gasteiger partial charge in [-0.05, 0) is 75.3 Å². The Morgan fingerprint density at radius 2 is 1.85 bits per heavy atom. The SMILES string of the molecule is C=C[C@@H]1C[C@]1(NC(=O)[C@@H]1C[C@@H]2CN1C(=O)[C@H](C(C)(C)C)NC(=O)O[C@@H]1C[C@H]1CCCCCc1c(nc3ccccc3c1OCCN1CC(O)C1)O2)C(=O)NS(=O)(=O)C1(C)CC1. The molecule has 1 aromatic carbocycles. The number of nitrogens with zero attached hydrogens (tertiary/aromatic N) is 3. The fourth-order valence-corrected chi connectivity index (χ4v) is 10.3. The average Bonchev–Trinajstić information content (AvgIpc) is 4.15. The number of carbonyl (C=O) groups excluding carboxylic acids is 4. The van der Waals surface area contributed by atoms with Crippen LogP contribution in [0.1, 0.15) is 91.0 Å². The number of rotatable bonds is 10. The first-order valence-electron chi connectivity index (χ1n) is 21.8. The van der Waals surface area contributed by atoms with Crippen molar-refractivity contribution in [1.29, 1.82) is 0 Å². The quantitative estimate of drug-likeness (QED) is 0.254. The smallest absolute Gasteiger partial charge is 0.408 e. The second-order valence-electron chi connectivity index (χ2n) is 19.4. The van der Waals surface area contributed by atoms with Crippen LogP contribution in [0.15, 0.2) is 36.9 Å².